The van der Waals surface area contributed by atoms with Crippen molar-refractivity contribution < 1.29 is 4.79 Å². The fourth-order valence-corrected chi connectivity index (χ4v) is 4.11. The molecule has 2 aliphatic heterocycles. The lowest BCUT2D eigenvalue weighted by Gasteiger charge is -2.34. The molecule has 1 aromatic rings. The largest absolute Gasteiger partial charge is 0.336 e. The highest BCUT2D eigenvalue weighted by Crippen LogP contribution is 2.48. The smallest absolute Gasteiger partial charge is 0.237 e. The third-order valence-corrected chi connectivity index (χ3v) is 5.63. The van der Waals surface area contributed by atoms with Crippen molar-refractivity contribution in [2.75, 3.05) is 39.3 Å². The number of hydrogen-bond acceptors (Lipinski definition) is 3. The fourth-order valence-electron chi connectivity index (χ4n) is 4.11. The highest BCUT2D eigenvalue weighted by molar-refractivity contribution is 5.79. The molecule has 1 aliphatic carbocycles. The van der Waals surface area contributed by atoms with Crippen LogP contribution < -0.4 is 5.32 Å². The zero-order valence-corrected chi connectivity index (χ0v) is 13.3. The van der Waals surface area contributed by atoms with Crippen LogP contribution in [0.5, 0.6) is 0 Å². The number of fused-ring (bicyclic) bond motifs is 1. The number of benzene rings is 1. The molecule has 1 amide bonds. The maximum absolute atomic E-state index is 12.4. The van der Waals surface area contributed by atoms with E-state index in [1.807, 2.05) is 4.90 Å². The molecule has 0 bridgehead atoms. The van der Waals surface area contributed by atoms with Gasteiger partial charge >= 0.3 is 0 Å². The summed E-state index contributed by atoms with van der Waals surface area (Å²) in [4.78, 5) is 16.8. The number of rotatable bonds is 4. The van der Waals surface area contributed by atoms with Crippen LogP contribution in [-0.4, -0.2) is 55.0 Å². The van der Waals surface area contributed by atoms with E-state index in [2.05, 4.69) is 41.4 Å². The zero-order valence-electron chi connectivity index (χ0n) is 13.3. The number of piperazine rings is 1. The minimum Gasteiger partial charge on any atom is -0.336 e. The summed E-state index contributed by atoms with van der Waals surface area (Å²) in [5.41, 5.74) is 2.50. The zero-order chi connectivity index (χ0) is 15.1. The molecule has 1 unspecified atom stereocenters. The SMILES string of the molecule is Cc1ccc(CN2CCN(CC3[C@H]4CNC[C@@H]34)CC2=O)cc1. The number of amides is 1. The molecule has 2 saturated heterocycles. The topological polar surface area (TPSA) is 35.6 Å². The Morgan fingerprint density at radius 2 is 1.86 bits per heavy atom. The van der Waals surface area contributed by atoms with E-state index in [0.717, 1.165) is 43.9 Å². The molecule has 1 aromatic carbocycles. The Labute approximate surface area is 132 Å². The fraction of sp³-hybridized carbons (Fsp3) is 0.611. The van der Waals surface area contributed by atoms with E-state index in [9.17, 15) is 4.79 Å². The van der Waals surface area contributed by atoms with Gasteiger partial charge in [-0.25, -0.2) is 0 Å². The van der Waals surface area contributed by atoms with E-state index >= 15 is 0 Å². The van der Waals surface area contributed by atoms with Crippen molar-refractivity contribution in [3.8, 4) is 0 Å². The van der Waals surface area contributed by atoms with E-state index in [4.69, 9.17) is 0 Å². The van der Waals surface area contributed by atoms with E-state index in [1.54, 1.807) is 0 Å². The molecule has 3 fully saturated rings. The molecule has 22 heavy (non-hydrogen) atoms. The number of nitrogens with one attached hydrogen (secondary N) is 1. The highest BCUT2D eigenvalue weighted by Gasteiger charge is 2.53. The van der Waals surface area contributed by atoms with Crippen LogP contribution in [0.2, 0.25) is 0 Å². The monoisotopic (exact) mass is 299 g/mol. The third kappa shape index (κ3) is 2.77. The molecule has 0 radical (unpaired) electrons. The van der Waals surface area contributed by atoms with Crippen LogP contribution in [0.1, 0.15) is 11.1 Å². The second kappa shape index (κ2) is 5.67. The van der Waals surface area contributed by atoms with Crippen molar-refractivity contribution in [3.63, 3.8) is 0 Å². The van der Waals surface area contributed by atoms with Crippen molar-refractivity contribution in [1.29, 1.82) is 0 Å². The first kappa shape index (κ1) is 14.2. The molecule has 4 heteroatoms. The number of nitrogens with zero attached hydrogens (tertiary/aromatic N) is 2. The van der Waals surface area contributed by atoms with E-state index in [1.165, 1.54) is 24.2 Å². The first-order valence-corrected chi connectivity index (χ1v) is 8.47. The second-order valence-corrected chi connectivity index (χ2v) is 7.19. The molecule has 1 N–H and O–H groups in total. The van der Waals surface area contributed by atoms with E-state index < -0.39 is 0 Å². The van der Waals surface area contributed by atoms with Crippen LogP contribution in [0.25, 0.3) is 0 Å². The van der Waals surface area contributed by atoms with Crippen molar-refractivity contribution in [1.82, 2.24) is 15.1 Å². The predicted octanol–water partition coefficient (Wildman–Crippen LogP) is 1.10. The average Bonchev–Trinajstić information content (AvgIpc) is 2.95. The molecule has 3 atom stereocenters. The summed E-state index contributed by atoms with van der Waals surface area (Å²) in [6.07, 6.45) is 0. The summed E-state index contributed by atoms with van der Waals surface area (Å²) in [6, 6.07) is 8.51. The van der Waals surface area contributed by atoms with Crippen LogP contribution in [0, 0.1) is 24.7 Å². The summed E-state index contributed by atoms with van der Waals surface area (Å²) in [5.74, 6) is 2.91. The molecule has 1 saturated carbocycles. The van der Waals surface area contributed by atoms with Gasteiger partial charge in [-0.2, -0.15) is 0 Å². The number of piperidine rings is 1. The van der Waals surface area contributed by atoms with Gasteiger partial charge in [0, 0.05) is 26.2 Å². The quantitative estimate of drug-likeness (QED) is 0.904. The summed E-state index contributed by atoms with van der Waals surface area (Å²) >= 11 is 0. The molecule has 4 rings (SSSR count). The molecule has 3 aliphatic rings. The Morgan fingerprint density at radius 1 is 1.14 bits per heavy atom. The summed E-state index contributed by atoms with van der Waals surface area (Å²) in [6.45, 7) is 8.86. The molecular formula is C18H25N3O. The van der Waals surface area contributed by atoms with Gasteiger partial charge in [-0.05, 0) is 43.3 Å². The normalized spacial score (nSPS) is 31.4. The van der Waals surface area contributed by atoms with Gasteiger partial charge in [0.2, 0.25) is 5.91 Å². The van der Waals surface area contributed by atoms with Crippen molar-refractivity contribution in [2.45, 2.75) is 13.5 Å². The van der Waals surface area contributed by atoms with Crippen LogP contribution in [0.3, 0.4) is 0 Å². The minimum absolute atomic E-state index is 0.288. The Morgan fingerprint density at radius 3 is 2.55 bits per heavy atom. The molecule has 2 heterocycles. The first-order valence-electron chi connectivity index (χ1n) is 8.47. The lowest BCUT2D eigenvalue weighted by atomic mass is 10.1. The van der Waals surface area contributed by atoms with Gasteiger partial charge in [0.25, 0.3) is 0 Å². The van der Waals surface area contributed by atoms with Crippen LogP contribution >= 0.6 is 0 Å². The van der Waals surface area contributed by atoms with Gasteiger partial charge in [-0.3, -0.25) is 9.69 Å². The van der Waals surface area contributed by atoms with E-state index in [-0.39, 0.29) is 5.91 Å². The van der Waals surface area contributed by atoms with Crippen molar-refractivity contribution >= 4 is 5.91 Å². The maximum atomic E-state index is 12.4. The number of hydrogen-bond donors (Lipinski definition) is 1. The minimum atomic E-state index is 0.288. The summed E-state index contributed by atoms with van der Waals surface area (Å²) in [5, 5.41) is 3.44. The van der Waals surface area contributed by atoms with Gasteiger partial charge in [0.15, 0.2) is 0 Å². The van der Waals surface area contributed by atoms with Crippen molar-refractivity contribution in [3.05, 3.63) is 35.4 Å². The molecule has 0 aromatic heterocycles. The predicted molar refractivity (Wildman–Crippen MR) is 86.4 cm³/mol. The number of aryl methyl sites for hydroxylation is 1. The van der Waals surface area contributed by atoms with Gasteiger partial charge in [0.1, 0.15) is 0 Å². The Balaban J connectivity index is 1.29. The molecule has 0 spiro atoms. The van der Waals surface area contributed by atoms with Crippen LogP contribution in [0.4, 0.5) is 0 Å². The van der Waals surface area contributed by atoms with Gasteiger partial charge < -0.3 is 10.2 Å². The standard InChI is InChI=1S/C18H25N3O/c1-13-2-4-14(5-3-13)10-21-7-6-20(12-18(21)22)11-17-15-8-19-9-16(15)17/h2-5,15-17,19H,6-12H2,1H3/t15-,16+,17?. The Hall–Kier alpha value is -1.39. The average molecular weight is 299 g/mol. The van der Waals surface area contributed by atoms with Crippen LogP contribution in [0.15, 0.2) is 24.3 Å². The first-order chi connectivity index (χ1) is 10.7. The van der Waals surface area contributed by atoms with Crippen LogP contribution in [-0.2, 0) is 11.3 Å². The van der Waals surface area contributed by atoms with Gasteiger partial charge in [-0.15, -0.1) is 0 Å². The van der Waals surface area contributed by atoms with E-state index in [0.29, 0.717) is 6.54 Å². The molecule has 4 nitrogen and oxygen atoms in total. The number of carbonyl (C=O) groups excluding carboxylic acids is 1. The van der Waals surface area contributed by atoms with Gasteiger partial charge in [0.05, 0.1) is 6.54 Å². The van der Waals surface area contributed by atoms with Crippen molar-refractivity contribution in [2.24, 2.45) is 17.8 Å². The molecule has 118 valence electrons. The lowest BCUT2D eigenvalue weighted by molar-refractivity contribution is -0.136. The number of carbonyl (C=O) groups is 1. The third-order valence-electron chi connectivity index (χ3n) is 5.63. The summed E-state index contributed by atoms with van der Waals surface area (Å²) < 4.78 is 0. The Kier molecular flexibility index (Phi) is 3.66. The maximum Gasteiger partial charge on any atom is 0.237 e. The lowest BCUT2D eigenvalue weighted by Crippen LogP contribution is -2.50. The van der Waals surface area contributed by atoms with Gasteiger partial charge in [-0.1, -0.05) is 29.8 Å². The second-order valence-electron chi connectivity index (χ2n) is 7.19. The Bertz CT molecular complexity index is 546. The molecular weight excluding hydrogens is 274 g/mol. The summed E-state index contributed by atoms with van der Waals surface area (Å²) in [7, 11) is 0. The highest BCUT2D eigenvalue weighted by atomic mass is 16.2.